The van der Waals surface area contributed by atoms with E-state index >= 15 is 0 Å². The Balaban J connectivity index is 2.43. The van der Waals surface area contributed by atoms with Gasteiger partial charge in [0.2, 0.25) is 5.91 Å². The average Bonchev–Trinajstić information content (AvgIpc) is 2.85. The van der Waals surface area contributed by atoms with Crippen molar-refractivity contribution in [2.75, 3.05) is 13.7 Å². The number of esters is 1. The van der Waals surface area contributed by atoms with Crippen molar-refractivity contribution < 1.29 is 23.9 Å². The monoisotopic (exact) mass is 472 g/mol. The van der Waals surface area contributed by atoms with Crippen molar-refractivity contribution >= 4 is 18.0 Å². The zero-order valence-electron chi connectivity index (χ0n) is 20.4. The van der Waals surface area contributed by atoms with Crippen molar-refractivity contribution in [3.8, 4) is 0 Å². The van der Waals surface area contributed by atoms with E-state index in [2.05, 4.69) is 23.8 Å². The quantitative estimate of drug-likeness (QED) is 0.177. The van der Waals surface area contributed by atoms with Crippen LogP contribution in [0.3, 0.4) is 0 Å². The Kier molecular flexibility index (Phi) is 15.6. The van der Waals surface area contributed by atoms with Crippen molar-refractivity contribution in [1.29, 1.82) is 0 Å². The molecule has 0 saturated heterocycles. The highest BCUT2D eigenvalue weighted by Gasteiger charge is 2.25. The number of methoxy groups -OCH3 is 1. The molecule has 0 spiro atoms. The van der Waals surface area contributed by atoms with Gasteiger partial charge < -0.3 is 20.1 Å². The second-order valence-corrected chi connectivity index (χ2v) is 8.20. The number of hydrogen-bond acceptors (Lipinski definition) is 5. The third-order valence-corrected chi connectivity index (χ3v) is 5.50. The number of alkyl carbamates (subject to hydrolysis) is 1. The Bertz CT molecular complexity index is 737. The third-order valence-electron chi connectivity index (χ3n) is 5.50. The van der Waals surface area contributed by atoms with E-state index in [1.54, 1.807) is 0 Å². The Morgan fingerprint density at radius 1 is 0.941 bits per heavy atom. The molecule has 0 heterocycles. The summed E-state index contributed by atoms with van der Waals surface area (Å²) >= 11 is 0. The van der Waals surface area contributed by atoms with Gasteiger partial charge in [-0.3, -0.25) is 4.79 Å². The Morgan fingerprint density at radius 2 is 1.59 bits per heavy atom. The molecule has 34 heavy (non-hydrogen) atoms. The van der Waals surface area contributed by atoms with Gasteiger partial charge in [0, 0.05) is 12.5 Å². The fraction of sp³-hybridized carbons (Fsp3) is 0.519. The number of hydrogen-bond donors (Lipinski definition) is 2. The second-order valence-electron chi connectivity index (χ2n) is 8.20. The lowest BCUT2D eigenvalue weighted by molar-refractivity contribution is -0.145. The molecule has 0 bridgehead atoms. The van der Waals surface area contributed by atoms with Gasteiger partial charge in [-0.25, -0.2) is 9.59 Å². The van der Waals surface area contributed by atoms with E-state index in [0.717, 1.165) is 44.1 Å². The van der Waals surface area contributed by atoms with Crippen molar-refractivity contribution in [2.45, 2.75) is 70.4 Å². The van der Waals surface area contributed by atoms with Crippen molar-refractivity contribution in [3.63, 3.8) is 0 Å². The summed E-state index contributed by atoms with van der Waals surface area (Å²) in [7, 11) is 1.32. The molecular weight excluding hydrogens is 432 g/mol. The summed E-state index contributed by atoms with van der Waals surface area (Å²) in [6.45, 7) is 8.10. The van der Waals surface area contributed by atoms with Crippen LogP contribution in [0.2, 0.25) is 0 Å². The smallest absolute Gasteiger partial charge is 0.407 e. The number of carbonyl (C=O) groups excluding carboxylic acids is 3. The summed E-state index contributed by atoms with van der Waals surface area (Å²) in [5.74, 6) is -0.737. The number of amides is 2. The van der Waals surface area contributed by atoms with Crippen LogP contribution in [0.5, 0.6) is 0 Å². The van der Waals surface area contributed by atoms with Crippen molar-refractivity contribution in [1.82, 2.24) is 10.6 Å². The van der Waals surface area contributed by atoms with Crippen LogP contribution >= 0.6 is 0 Å². The highest BCUT2D eigenvalue weighted by atomic mass is 16.5. The predicted molar refractivity (Wildman–Crippen MR) is 134 cm³/mol. The molecule has 0 aliphatic heterocycles. The molecule has 1 atom stereocenters. The molecule has 0 aliphatic rings. The van der Waals surface area contributed by atoms with E-state index in [1.807, 2.05) is 42.5 Å². The Morgan fingerprint density at radius 3 is 2.18 bits per heavy atom. The molecule has 0 fully saturated rings. The maximum absolute atomic E-state index is 12.9. The van der Waals surface area contributed by atoms with E-state index in [9.17, 15) is 14.4 Å². The topological polar surface area (TPSA) is 93.7 Å². The molecule has 1 aromatic carbocycles. The van der Waals surface area contributed by atoms with Crippen molar-refractivity contribution in [3.05, 3.63) is 61.2 Å². The van der Waals surface area contributed by atoms with Crippen LogP contribution in [0.1, 0.15) is 63.4 Å². The van der Waals surface area contributed by atoms with Gasteiger partial charge >= 0.3 is 12.1 Å². The van der Waals surface area contributed by atoms with E-state index in [1.165, 1.54) is 7.11 Å². The van der Waals surface area contributed by atoms with Crippen molar-refractivity contribution in [2.24, 2.45) is 5.92 Å². The largest absolute Gasteiger partial charge is 0.467 e. The summed E-state index contributed by atoms with van der Waals surface area (Å²) in [6.07, 6.45) is 9.89. The molecule has 188 valence electrons. The van der Waals surface area contributed by atoms with Crippen LogP contribution in [0.4, 0.5) is 4.79 Å². The molecule has 0 saturated carbocycles. The molecule has 7 nitrogen and oxygen atoms in total. The minimum Gasteiger partial charge on any atom is -0.467 e. The van der Waals surface area contributed by atoms with Crippen LogP contribution in [0, 0.1) is 5.92 Å². The number of unbranched alkanes of at least 4 members (excludes halogenated alkanes) is 3. The van der Waals surface area contributed by atoms with Crippen LogP contribution in [-0.2, 0) is 25.7 Å². The molecule has 1 rings (SSSR count). The minimum absolute atomic E-state index is 0.119. The number of carbonyl (C=O) groups is 3. The standard InChI is InChI=1S/C27H40N2O5/c1-4-6-9-17-23(18-10-7-5-2)25(30)29-24(26(31)33-3)19-13-14-20-28-27(32)34-21-22-15-11-8-12-16-22/h4-5,8,11-12,15-16,23-24H,1-2,6-7,9-10,13-14,17-21H2,3H3,(H,28,32)(H,29,30)/t24-/m0/s1. The number of ether oxygens (including phenoxy) is 2. The minimum atomic E-state index is -0.705. The maximum Gasteiger partial charge on any atom is 0.407 e. The van der Waals surface area contributed by atoms with E-state index in [-0.39, 0.29) is 18.4 Å². The van der Waals surface area contributed by atoms with Crippen LogP contribution in [-0.4, -0.2) is 37.7 Å². The third kappa shape index (κ3) is 12.8. The predicted octanol–water partition coefficient (Wildman–Crippen LogP) is 5.07. The van der Waals surface area contributed by atoms with Gasteiger partial charge in [-0.05, 0) is 63.4 Å². The van der Waals surface area contributed by atoms with Gasteiger partial charge in [0.05, 0.1) is 7.11 Å². The second kappa shape index (κ2) is 18.3. The molecule has 2 amide bonds. The molecule has 0 aromatic heterocycles. The first-order valence-electron chi connectivity index (χ1n) is 12.1. The van der Waals surface area contributed by atoms with E-state index in [0.29, 0.717) is 25.8 Å². The van der Waals surface area contributed by atoms with Crippen LogP contribution in [0.25, 0.3) is 0 Å². The van der Waals surface area contributed by atoms with Gasteiger partial charge in [0.15, 0.2) is 0 Å². The van der Waals surface area contributed by atoms with E-state index < -0.39 is 18.1 Å². The average molecular weight is 473 g/mol. The first kappa shape index (κ1) is 28.9. The number of nitrogens with one attached hydrogen (secondary N) is 2. The highest BCUT2D eigenvalue weighted by molar-refractivity contribution is 5.85. The fourth-order valence-electron chi connectivity index (χ4n) is 3.54. The first-order valence-corrected chi connectivity index (χ1v) is 12.1. The molecule has 2 N–H and O–H groups in total. The number of allylic oxidation sites excluding steroid dienone is 2. The lowest BCUT2D eigenvalue weighted by atomic mass is 9.94. The molecular formula is C27H40N2O5. The van der Waals surface area contributed by atoms with E-state index in [4.69, 9.17) is 9.47 Å². The summed E-state index contributed by atoms with van der Waals surface area (Å²) in [4.78, 5) is 36.9. The SMILES string of the molecule is C=CCCCC(CCCC=C)C(=O)N[C@@H](CCCCNC(=O)OCc1ccccc1)C(=O)OC. The van der Waals surface area contributed by atoms with Crippen LogP contribution in [0.15, 0.2) is 55.6 Å². The molecule has 0 aliphatic carbocycles. The summed E-state index contributed by atoms with van der Waals surface area (Å²) in [5, 5.41) is 5.59. The van der Waals surface area contributed by atoms with Gasteiger partial charge in [0.25, 0.3) is 0 Å². The fourth-order valence-corrected chi connectivity index (χ4v) is 3.54. The lowest BCUT2D eigenvalue weighted by Gasteiger charge is -2.21. The Hall–Kier alpha value is -3.09. The Labute approximate surface area is 204 Å². The molecule has 1 aromatic rings. The summed E-state index contributed by atoms with van der Waals surface area (Å²) < 4.78 is 10.1. The zero-order chi connectivity index (χ0) is 25.0. The van der Waals surface area contributed by atoms with Crippen LogP contribution < -0.4 is 10.6 Å². The number of benzene rings is 1. The van der Waals surface area contributed by atoms with Gasteiger partial charge in [-0.15, -0.1) is 13.2 Å². The molecule has 0 radical (unpaired) electrons. The molecule has 7 heteroatoms. The highest BCUT2D eigenvalue weighted by Crippen LogP contribution is 2.18. The number of rotatable bonds is 18. The zero-order valence-corrected chi connectivity index (χ0v) is 20.4. The van der Waals surface area contributed by atoms with Gasteiger partial charge in [0.1, 0.15) is 12.6 Å². The summed E-state index contributed by atoms with van der Waals surface area (Å²) in [5.41, 5.74) is 0.918. The maximum atomic E-state index is 12.9. The van der Waals surface area contributed by atoms with Gasteiger partial charge in [-0.2, -0.15) is 0 Å². The molecule has 0 unspecified atom stereocenters. The normalized spacial score (nSPS) is 11.4. The van der Waals surface area contributed by atoms with Gasteiger partial charge in [-0.1, -0.05) is 42.5 Å². The summed E-state index contributed by atoms with van der Waals surface area (Å²) in [6, 6.07) is 8.74. The lowest BCUT2D eigenvalue weighted by Crippen LogP contribution is -2.44. The first-order chi connectivity index (χ1) is 16.5.